The summed E-state index contributed by atoms with van der Waals surface area (Å²) in [4.78, 5) is 11.1. The minimum absolute atomic E-state index is 0.0178. The Morgan fingerprint density at radius 3 is 2.46 bits per heavy atom. The average Bonchev–Trinajstić information content (AvgIpc) is 2.00. The Hall–Kier alpha value is -0.570. The number of carbonyl (C=O) groups is 1. The fraction of sp³-hybridized carbons (Fsp3) is 0.900. The van der Waals surface area contributed by atoms with Crippen molar-refractivity contribution in [3.05, 3.63) is 0 Å². The molecule has 0 spiro atoms. The van der Waals surface area contributed by atoms with Gasteiger partial charge in [-0.2, -0.15) is 0 Å². The molecular formula is C10H21NO2. The van der Waals surface area contributed by atoms with E-state index in [0.717, 1.165) is 12.8 Å². The summed E-state index contributed by atoms with van der Waals surface area (Å²) in [6.07, 6.45) is 2.21. The molecule has 1 N–H and O–H groups in total. The van der Waals surface area contributed by atoms with Crippen LogP contribution in [0.4, 0.5) is 0 Å². The van der Waals surface area contributed by atoms with Gasteiger partial charge in [0.25, 0.3) is 0 Å². The Kier molecular flexibility index (Phi) is 6.59. The van der Waals surface area contributed by atoms with Gasteiger partial charge in [-0.15, -0.1) is 0 Å². The van der Waals surface area contributed by atoms with Crippen molar-refractivity contribution in [1.29, 1.82) is 0 Å². The first-order chi connectivity index (χ1) is 6.06. The smallest absolute Gasteiger partial charge is 0.320 e. The van der Waals surface area contributed by atoms with E-state index in [-0.39, 0.29) is 12.1 Å². The molecule has 0 amide bonds. The first kappa shape index (κ1) is 12.4. The van der Waals surface area contributed by atoms with Crippen LogP contribution in [0, 0.1) is 0 Å². The van der Waals surface area contributed by atoms with Gasteiger partial charge in [0, 0.05) is 6.04 Å². The summed E-state index contributed by atoms with van der Waals surface area (Å²) in [7, 11) is 0. The zero-order valence-corrected chi connectivity index (χ0v) is 9.09. The van der Waals surface area contributed by atoms with Crippen molar-refractivity contribution in [2.45, 2.75) is 52.7 Å². The van der Waals surface area contributed by atoms with Gasteiger partial charge >= 0.3 is 5.97 Å². The van der Waals surface area contributed by atoms with Crippen molar-refractivity contribution in [2.24, 2.45) is 0 Å². The monoisotopic (exact) mass is 187 g/mol. The van der Waals surface area contributed by atoms with Gasteiger partial charge in [-0.3, -0.25) is 4.79 Å². The van der Waals surface area contributed by atoms with Crippen LogP contribution >= 0.6 is 0 Å². The Morgan fingerprint density at radius 2 is 2.00 bits per heavy atom. The summed E-state index contributed by atoms with van der Waals surface area (Å²) in [6.45, 7) is 8.23. The Bertz CT molecular complexity index is 146. The van der Waals surface area contributed by atoms with Crippen molar-refractivity contribution < 1.29 is 9.53 Å². The minimum atomic E-state index is -0.169. The Morgan fingerprint density at radius 1 is 1.38 bits per heavy atom. The van der Waals surface area contributed by atoms with Gasteiger partial charge in [-0.25, -0.2) is 0 Å². The number of rotatable bonds is 6. The number of esters is 1. The number of nitrogens with one attached hydrogen (secondary N) is 1. The topological polar surface area (TPSA) is 38.3 Å². The number of hydrogen-bond donors (Lipinski definition) is 1. The molecule has 0 saturated carbocycles. The van der Waals surface area contributed by atoms with Crippen LogP contribution in [0.1, 0.15) is 40.5 Å². The molecule has 0 aliphatic carbocycles. The van der Waals surface area contributed by atoms with Crippen LogP contribution in [0.25, 0.3) is 0 Å². The third-order valence-electron chi connectivity index (χ3n) is 1.68. The molecule has 13 heavy (non-hydrogen) atoms. The van der Waals surface area contributed by atoms with E-state index >= 15 is 0 Å². The van der Waals surface area contributed by atoms with E-state index in [1.165, 1.54) is 0 Å². The molecule has 0 aliphatic rings. The molecule has 0 bridgehead atoms. The van der Waals surface area contributed by atoms with Gasteiger partial charge in [0.2, 0.25) is 0 Å². The third-order valence-corrected chi connectivity index (χ3v) is 1.68. The summed E-state index contributed by atoms with van der Waals surface area (Å²) >= 11 is 0. The zero-order valence-electron chi connectivity index (χ0n) is 9.09. The molecular weight excluding hydrogens is 166 g/mol. The summed E-state index contributed by atoms with van der Waals surface area (Å²) in [5.74, 6) is -0.169. The molecule has 0 fully saturated rings. The van der Waals surface area contributed by atoms with Crippen molar-refractivity contribution in [1.82, 2.24) is 5.32 Å². The molecule has 0 radical (unpaired) electrons. The van der Waals surface area contributed by atoms with Crippen LogP contribution in [0.5, 0.6) is 0 Å². The normalized spacial score (nSPS) is 13.0. The molecule has 0 aromatic carbocycles. The maximum atomic E-state index is 11.1. The maximum Gasteiger partial charge on any atom is 0.320 e. The second-order valence-corrected chi connectivity index (χ2v) is 3.61. The summed E-state index contributed by atoms with van der Waals surface area (Å²) in [5, 5.41) is 3.11. The SMILES string of the molecule is CCCC(C)NCC(=O)OC(C)C. The van der Waals surface area contributed by atoms with Crippen molar-refractivity contribution >= 4 is 5.97 Å². The van der Waals surface area contributed by atoms with Crippen molar-refractivity contribution in [2.75, 3.05) is 6.54 Å². The Balaban J connectivity index is 3.46. The van der Waals surface area contributed by atoms with Crippen molar-refractivity contribution in [3.8, 4) is 0 Å². The lowest BCUT2D eigenvalue weighted by atomic mass is 10.2. The predicted molar refractivity (Wildman–Crippen MR) is 53.6 cm³/mol. The number of hydrogen-bond acceptors (Lipinski definition) is 3. The summed E-state index contributed by atoms with van der Waals surface area (Å²) in [6, 6.07) is 0.393. The largest absolute Gasteiger partial charge is 0.462 e. The third kappa shape index (κ3) is 7.78. The van der Waals surface area contributed by atoms with Gasteiger partial charge in [0.15, 0.2) is 0 Å². The second kappa shape index (κ2) is 6.89. The van der Waals surface area contributed by atoms with Crippen LogP contribution in [0.15, 0.2) is 0 Å². The average molecular weight is 187 g/mol. The van der Waals surface area contributed by atoms with Crippen LogP contribution in [0.3, 0.4) is 0 Å². The van der Waals surface area contributed by atoms with E-state index in [2.05, 4.69) is 19.2 Å². The van der Waals surface area contributed by atoms with E-state index in [1.54, 1.807) is 0 Å². The lowest BCUT2D eigenvalue weighted by molar-refractivity contribution is -0.146. The zero-order chi connectivity index (χ0) is 10.3. The number of ether oxygens (including phenoxy) is 1. The Labute approximate surface area is 80.8 Å². The van der Waals surface area contributed by atoms with E-state index in [4.69, 9.17) is 4.74 Å². The fourth-order valence-corrected chi connectivity index (χ4v) is 1.10. The molecule has 0 saturated heterocycles. The highest BCUT2D eigenvalue weighted by atomic mass is 16.5. The molecule has 1 atom stereocenters. The molecule has 3 nitrogen and oxygen atoms in total. The highest BCUT2D eigenvalue weighted by molar-refractivity contribution is 5.71. The molecule has 0 aromatic rings. The van der Waals surface area contributed by atoms with E-state index in [1.807, 2.05) is 13.8 Å². The molecule has 0 aromatic heterocycles. The lowest BCUT2D eigenvalue weighted by Crippen LogP contribution is -2.33. The van der Waals surface area contributed by atoms with Gasteiger partial charge in [0.1, 0.15) is 0 Å². The van der Waals surface area contributed by atoms with Crippen LogP contribution < -0.4 is 5.32 Å². The van der Waals surface area contributed by atoms with Gasteiger partial charge in [0.05, 0.1) is 12.6 Å². The standard InChI is InChI=1S/C10H21NO2/c1-5-6-9(4)11-7-10(12)13-8(2)3/h8-9,11H,5-7H2,1-4H3. The molecule has 0 aliphatic heterocycles. The molecule has 0 rings (SSSR count). The second-order valence-electron chi connectivity index (χ2n) is 3.61. The van der Waals surface area contributed by atoms with E-state index in [9.17, 15) is 4.79 Å². The quantitative estimate of drug-likeness (QED) is 0.643. The first-order valence-corrected chi connectivity index (χ1v) is 4.99. The molecule has 0 heterocycles. The van der Waals surface area contributed by atoms with Gasteiger partial charge in [-0.1, -0.05) is 13.3 Å². The maximum absolute atomic E-state index is 11.1. The highest BCUT2D eigenvalue weighted by Crippen LogP contribution is 1.94. The van der Waals surface area contributed by atoms with Crippen LogP contribution in [-0.2, 0) is 9.53 Å². The predicted octanol–water partition coefficient (Wildman–Crippen LogP) is 1.72. The summed E-state index contributed by atoms with van der Waals surface area (Å²) in [5.41, 5.74) is 0. The fourth-order valence-electron chi connectivity index (χ4n) is 1.10. The highest BCUT2D eigenvalue weighted by Gasteiger charge is 2.06. The van der Waals surface area contributed by atoms with Gasteiger partial charge in [-0.05, 0) is 27.2 Å². The van der Waals surface area contributed by atoms with Crippen LogP contribution in [-0.4, -0.2) is 24.7 Å². The van der Waals surface area contributed by atoms with E-state index < -0.39 is 0 Å². The van der Waals surface area contributed by atoms with E-state index in [0.29, 0.717) is 12.6 Å². The molecule has 1 unspecified atom stereocenters. The minimum Gasteiger partial charge on any atom is -0.462 e. The molecule has 3 heteroatoms. The number of carbonyl (C=O) groups excluding carboxylic acids is 1. The summed E-state index contributed by atoms with van der Waals surface area (Å²) < 4.78 is 4.98. The van der Waals surface area contributed by atoms with Crippen LogP contribution in [0.2, 0.25) is 0 Å². The lowest BCUT2D eigenvalue weighted by Gasteiger charge is -2.13. The van der Waals surface area contributed by atoms with Gasteiger partial charge < -0.3 is 10.1 Å². The first-order valence-electron chi connectivity index (χ1n) is 4.99. The molecule has 78 valence electrons. The van der Waals surface area contributed by atoms with Crippen molar-refractivity contribution in [3.63, 3.8) is 0 Å².